The van der Waals surface area contributed by atoms with Crippen LogP contribution in [0, 0.1) is 33.0 Å². The molecular weight excluding hydrogens is 423 g/mol. The highest BCUT2D eigenvalue weighted by Gasteiger charge is 2.21. The SMILES string of the molecule is Cc1csc(Sc2ccc(C(=O)Nc3ccc(F)c([N+](=O)[O-])c3)cc2[N+](=O)[O-])n1. The summed E-state index contributed by atoms with van der Waals surface area (Å²) < 4.78 is 14.0. The molecule has 0 saturated heterocycles. The third-order valence-electron chi connectivity index (χ3n) is 3.61. The van der Waals surface area contributed by atoms with Crippen molar-refractivity contribution in [3.8, 4) is 0 Å². The molecule has 1 N–H and O–H groups in total. The van der Waals surface area contributed by atoms with Crippen LogP contribution < -0.4 is 5.32 Å². The highest BCUT2D eigenvalue weighted by molar-refractivity contribution is 8.01. The predicted molar refractivity (Wildman–Crippen MR) is 105 cm³/mol. The van der Waals surface area contributed by atoms with Crippen LogP contribution in [-0.4, -0.2) is 20.7 Å². The van der Waals surface area contributed by atoms with Gasteiger partial charge in [-0.05, 0) is 31.2 Å². The molecule has 2 aromatic carbocycles. The maximum absolute atomic E-state index is 13.4. The fraction of sp³-hybridized carbons (Fsp3) is 0.0588. The molecule has 0 spiro atoms. The van der Waals surface area contributed by atoms with Crippen LogP contribution in [0.1, 0.15) is 16.1 Å². The number of hydrogen-bond acceptors (Lipinski definition) is 8. The normalized spacial score (nSPS) is 10.6. The van der Waals surface area contributed by atoms with Crippen molar-refractivity contribution in [1.82, 2.24) is 4.98 Å². The smallest absolute Gasteiger partial charge is 0.306 e. The second kappa shape index (κ2) is 8.32. The van der Waals surface area contributed by atoms with E-state index in [0.717, 1.165) is 41.7 Å². The Kier molecular flexibility index (Phi) is 5.84. The first-order valence-corrected chi connectivity index (χ1v) is 9.58. The van der Waals surface area contributed by atoms with Crippen LogP contribution >= 0.6 is 23.1 Å². The van der Waals surface area contributed by atoms with Crippen molar-refractivity contribution in [2.24, 2.45) is 0 Å². The van der Waals surface area contributed by atoms with Crippen molar-refractivity contribution in [1.29, 1.82) is 0 Å². The van der Waals surface area contributed by atoms with Crippen LogP contribution in [0.15, 0.2) is 51.0 Å². The monoisotopic (exact) mass is 434 g/mol. The molecule has 9 nitrogen and oxygen atoms in total. The first-order valence-electron chi connectivity index (χ1n) is 7.88. The first kappa shape index (κ1) is 20.4. The van der Waals surface area contributed by atoms with E-state index in [9.17, 15) is 29.4 Å². The highest BCUT2D eigenvalue weighted by Crippen LogP contribution is 2.37. The molecule has 0 radical (unpaired) electrons. The minimum atomic E-state index is -1.04. The summed E-state index contributed by atoms with van der Waals surface area (Å²) in [6.07, 6.45) is 0. The van der Waals surface area contributed by atoms with Gasteiger partial charge in [0, 0.05) is 34.5 Å². The fourth-order valence-electron chi connectivity index (χ4n) is 2.29. The van der Waals surface area contributed by atoms with Gasteiger partial charge < -0.3 is 5.32 Å². The number of nitrogens with zero attached hydrogens (tertiary/aromatic N) is 3. The average molecular weight is 434 g/mol. The molecule has 3 rings (SSSR count). The van der Waals surface area contributed by atoms with Crippen molar-refractivity contribution < 1.29 is 19.0 Å². The Morgan fingerprint density at radius 1 is 1.14 bits per heavy atom. The van der Waals surface area contributed by atoms with Crippen LogP contribution in [-0.2, 0) is 0 Å². The average Bonchev–Trinajstić information content (AvgIpc) is 3.07. The Labute approximate surface area is 170 Å². The van der Waals surface area contributed by atoms with Gasteiger partial charge in [0.25, 0.3) is 11.6 Å². The standard InChI is InChI=1S/C17H11FN4O5S2/c1-9-8-28-17(19-9)29-15-5-2-10(6-14(15)22(26)27)16(23)20-11-3-4-12(18)13(7-11)21(24)25/h2-8H,1H3,(H,20,23). The summed E-state index contributed by atoms with van der Waals surface area (Å²) in [7, 11) is 0. The molecule has 29 heavy (non-hydrogen) atoms. The summed E-state index contributed by atoms with van der Waals surface area (Å²) in [5.74, 6) is -1.77. The van der Waals surface area contributed by atoms with Gasteiger partial charge in [0.15, 0.2) is 4.34 Å². The third-order valence-corrected chi connectivity index (χ3v) is 5.74. The number of carbonyl (C=O) groups excluding carboxylic acids is 1. The van der Waals surface area contributed by atoms with E-state index in [1.165, 1.54) is 23.5 Å². The number of halogens is 1. The van der Waals surface area contributed by atoms with Crippen molar-refractivity contribution in [3.05, 3.63) is 79.1 Å². The van der Waals surface area contributed by atoms with Crippen molar-refractivity contribution in [2.45, 2.75) is 16.2 Å². The summed E-state index contributed by atoms with van der Waals surface area (Å²) >= 11 is 2.46. The molecule has 12 heteroatoms. The van der Waals surface area contributed by atoms with Gasteiger partial charge in [0.1, 0.15) is 0 Å². The number of nitro groups is 2. The third kappa shape index (κ3) is 4.73. The van der Waals surface area contributed by atoms with Gasteiger partial charge in [0.2, 0.25) is 5.82 Å². The summed E-state index contributed by atoms with van der Waals surface area (Å²) in [4.78, 5) is 37.7. The van der Waals surface area contributed by atoms with Crippen molar-refractivity contribution in [3.63, 3.8) is 0 Å². The molecule has 0 unspecified atom stereocenters. The van der Waals surface area contributed by atoms with Crippen LogP contribution in [0.5, 0.6) is 0 Å². The summed E-state index contributed by atoms with van der Waals surface area (Å²) in [6, 6.07) is 6.81. The lowest BCUT2D eigenvalue weighted by molar-refractivity contribution is -0.387. The van der Waals surface area contributed by atoms with E-state index in [4.69, 9.17) is 0 Å². The van der Waals surface area contributed by atoms with Crippen LogP contribution in [0.25, 0.3) is 0 Å². The van der Waals surface area contributed by atoms with E-state index < -0.39 is 27.3 Å². The molecule has 1 heterocycles. The van der Waals surface area contributed by atoms with Crippen LogP contribution in [0.2, 0.25) is 0 Å². The molecule has 0 aliphatic rings. The van der Waals surface area contributed by atoms with Gasteiger partial charge in [-0.2, -0.15) is 4.39 Å². The van der Waals surface area contributed by atoms with Crippen LogP contribution in [0.3, 0.4) is 0 Å². The molecule has 0 aliphatic carbocycles. The lowest BCUT2D eigenvalue weighted by atomic mass is 10.2. The molecule has 0 bridgehead atoms. The summed E-state index contributed by atoms with van der Waals surface area (Å²) in [6.45, 7) is 1.81. The molecular formula is C17H11FN4O5S2. The molecule has 148 valence electrons. The lowest BCUT2D eigenvalue weighted by Gasteiger charge is -2.07. The first-order chi connectivity index (χ1) is 13.7. The van der Waals surface area contributed by atoms with Gasteiger partial charge in [-0.15, -0.1) is 11.3 Å². The molecule has 0 aliphatic heterocycles. The number of aryl methyl sites for hydroxylation is 1. The van der Waals surface area contributed by atoms with E-state index in [2.05, 4.69) is 10.3 Å². The van der Waals surface area contributed by atoms with E-state index in [-0.39, 0.29) is 16.9 Å². The van der Waals surface area contributed by atoms with E-state index in [1.807, 2.05) is 12.3 Å². The number of nitro benzene ring substituents is 2. The molecule has 0 saturated carbocycles. The Balaban J connectivity index is 1.86. The second-order valence-electron chi connectivity index (χ2n) is 5.67. The summed E-state index contributed by atoms with van der Waals surface area (Å²) in [5, 5.41) is 26.4. The zero-order chi connectivity index (χ0) is 21.1. The molecule has 0 fully saturated rings. The van der Waals surface area contributed by atoms with Crippen molar-refractivity contribution >= 4 is 46.1 Å². The minimum Gasteiger partial charge on any atom is -0.322 e. The number of rotatable bonds is 6. The number of anilines is 1. The van der Waals surface area contributed by atoms with Gasteiger partial charge in [-0.1, -0.05) is 11.8 Å². The Morgan fingerprint density at radius 3 is 2.48 bits per heavy atom. The van der Waals surface area contributed by atoms with Gasteiger partial charge in [-0.3, -0.25) is 25.0 Å². The second-order valence-corrected chi connectivity index (χ2v) is 7.82. The fourth-order valence-corrected chi connectivity index (χ4v) is 4.17. The Morgan fingerprint density at radius 2 is 1.86 bits per heavy atom. The number of thiazole rings is 1. The zero-order valence-electron chi connectivity index (χ0n) is 14.6. The molecule has 0 atom stereocenters. The molecule has 1 aromatic heterocycles. The van der Waals surface area contributed by atoms with Gasteiger partial charge >= 0.3 is 5.69 Å². The maximum atomic E-state index is 13.4. The predicted octanol–water partition coefficient (Wildman–Crippen LogP) is 4.81. The van der Waals surface area contributed by atoms with Crippen LogP contribution in [0.4, 0.5) is 21.5 Å². The van der Waals surface area contributed by atoms with E-state index in [0.29, 0.717) is 9.24 Å². The van der Waals surface area contributed by atoms with Gasteiger partial charge in [-0.25, -0.2) is 4.98 Å². The number of carbonyl (C=O) groups is 1. The summed E-state index contributed by atoms with van der Waals surface area (Å²) in [5.41, 5.74) is -0.310. The number of nitrogens with one attached hydrogen (secondary N) is 1. The topological polar surface area (TPSA) is 128 Å². The Hall–Kier alpha value is -3.38. The van der Waals surface area contributed by atoms with E-state index >= 15 is 0 Å². The molecule has 3 aromatic rings. The van der Waals surface area contributed by atoms with E-state index in [1.54, 1.807) is 0 Å². The minimum absolute atomic E-state index is 0.0116. The Bertz CT molecular complexity index is 1130. The zero-order valence-corrected chi connectivity index (χ0v) is 16.3. The lowest BCUT2D eigenvalue weighted by Crippen LogP contribution is -2.12. The molecule has 1 amide bonds. The van der Waals surface area contributed by atoms with Crippen molar-refractivity contribution in [2.75, 3.05) is 5.32 Å². The number of aromatic nitrogens is 1. The highest BCUT2D eigenvalue weighted by atomic mass is 32.2. The quantitative estimate of drug-likeness (QED) is 0.435. The number of hydrogen-bond donors (Lipinski definition) is 1. The number of amides is 1. The number of benzene rings is 2. The maximum Gasteiger partial charge on any atom is 0.306 e. The van der Waals surface area contributed by atoms with Gasteiger partial charge in [0.05, 0.1) is 14.7 Å². The largest absolute Gasteiger partial charge is 0.322 e.